The lowest BCUT2D eigenvalue weighted by Gasteiger charge is -2.16. The summed E-state index contributed by atoms with van der Waals surface area (Å²) in [6.45, 7) is 3.07. The van der Waals surface area contributed by atoms with Gasteiger partial charge in [0.05, 0.1) is 34.8 Å². The van der Waals surface area contributed by atoms with Gasteiger partial charge in [0.2, 0.25) is 0 Å². The van der Waals surface area contributed by atoms with E-state index in [-0.39, 0.29) is 0 Å². The SMILES string of the molecule is CC(CCNc1cnc2ccccc2c1)Nc1cnc2ccccc2c1. The van der Waals surface area contributed by atoms with Crippen LogP contribution in [0.25, 0.3) is 21.8 Å². The van der Waals surface area contributed by atoms with Crippen LogP contribution < -0.4 is 10.6 Å². The van der Waals surface area contributed by atoms with Crippen molar-refractivity contribution in [1.82, 2.24) is 9.97 Å². The molecule has 0 aliphatic rings. The van der Waals surface area contributed by atoms with Gasteiger partial charge in [-0.25, -0.2) is 0 Å². The van der Waals surface area contributed by atoms with E-state index in [2.05, 4.69) is 51.8 Å². The monoisotopic (exact) mass is 342 g/mol. The number of anilines is 2. The van der Waals surface area contributed by atoms with Crippen LogP contribution in [0.5, 0.6) is 0 Å². The first-order chi connectivity index (χ1) is 12.8. The summed E-state index contributed by atoms with van der Waals surface area (Å²) >= 11 is 0. The van der Waals surface area contributed by atoms with E-state index in [1.165, 1.54) is 0 Å². The van der Waals surface area contributed by atoms with Crippen LogP contribution in [0.3, 0.4) is 0 Å². The first-order valence-corrected chi connectivity index (χ1v) is 8.98. The number of aromatic nitrogens is 2. The average Bonchev–Trinajstić information content (AvgIpc) is 2.68. The summed E-state index contributed by atoms with van der Waals surface area (Å²) in [5, 5.41) is 9.31. The van der Waals surface area contributed by atoms with Crippen molar-refractivity contribution in [1.29, 1.82) is 0 Å². The van der Waals surface area contributed by atoms with E-state index in [9.17, 15) is 0 Å². The highest BCUT2D eigenvalue weighted by atomic mass is 14.9. The lowest BCUT2D eigenvalue weighted by molar-refractivity contribution is 0.733. The van der Waals surface area contributed by atoms with Gasteiger partial charge in [0.15, 0.2) is 0 Å². The number of benzene rings is 2. The molecule has 1 unspecified atom stereocenters. The van der Waals surface area contributed by atoms with Gasteiger partial charge in [0, 0.05) is 23.4 Å². The summed E-state index contributed by atoms with van der Waals surface area (Å²) in [5.41, 5.74) is 4.17. The Morgan fingerprint density at radius 3 is 2.08 bits per heavy atom. The highest BCUT2D eigenvalue weighted by molar-refractivity contribution is 5.82. The minimum absolute atomic E-state index is 0.346. The second-order valence-electron chi connectivity index (χ2n) is 6.59. The number of hydrogen-bond acceptors (Lipinski definition) is 4. The molecule has 2 aromatic heterocycles. The summed E-state index contributed by atoms with van der Waals surface area (Å²) in [5.74, 6) is 0. The predicted molar refractivity (Wildman–Crippen MR) is 110 cm³/mol. The van der Waals surface area contributed by atoms with Gasteiger partial charge < -0.3 is 10.6 Å². The van der Waals surface area contributed by atoms with Crippen molar-refractivity contribution in [3.63, 3.8) is 0 Å². The van der Waals surface area contributed by atoms with Gasteiger partial charge in [0.1, 0.15) is 0 Å². The van der Waals surface area contributed by atoms with Gasteiger partial charge in [0.25, 0.3) is 0 Å². The summed E-state index contributed by atoms with van der Waals surface area (Å²) in [6.07, 6.45) is 4.80. The highest BCUT2D eigenvalue weighted by Gasteiger charge is 2.04. The zero-order chi connectivity index (χ0) is 17.8. The molecule has 4 aromatic rings. The fourth-order valence-electron chi connectivity index (χ4n) is 3.11. The number of pyridine rings is 2. The molecule has 4 rings (SSSR count). The van der Waals surface area contributed by atoms with Gasteiger partial charge in [-0.15, -0.1) is 0 Å². The van der Waals surface area contributed by atoms with Gasteiger partial charge in [-0.3, -0.25) is 9.97 Å². The predicted octanol–water partition coefficient (Wildman–Crippen LogP) is 5.09. The van der Waals surface area contributed by atoms with Crippen LogP contribution in [0.4, 0.5) is 11.4 Å². The largest absolute Gasteiger partial charge is 0.384 e. The molecule has 0 spiro atoms. The number of hydrogen-bond donors (Lipinski definition) is 2. The van der Waals surface area contributed by atoms with Crippen molar-refractivity contribution in [2.45, 2.75) is 19.4 Å². The van der Waals surface area contributed by atoms with Crippen LogP contribution in [0.15, 0.2) is 73.1 Å². The smallest absolute Gasteiger partial charge is 0.0703 e. The molecule has 0 aliphatic carbocycles. The Kier molecular flexibility index (Phi) is 4.65. The van der Waals surface area contributed by atoms with Gasteiger partial charge in [-0.1, -0.05) is 36.4 Å². The lowest BCUT2D eigenvalue weighted by atomic mass is 10.2. The van der Waals surface area contributed by atoms with E-state index in [0.717, 1.165) is 46.1 Å². The molecule has 1 atom stereocenters. The number of rotatable bonds is 6. The fourth-order valence-corrected chi connectivity index (χ4v) is 3.11. The Bertz CT molecular complexity index is 1030. The van der Waals surface area contributed by atoms with Gasteiger partial charge in [-0.05, 0) is 37.6 Å². The molecule has 26 heavy (non-hydrogen) atoms. The van der Waals surface area contributed by atoms with E-state index < -0.39 is 0 Å². The summed E-state index contributed by atoms with van der Waals surface area (Å²) in [7, 11) is 0. The van der Waals surface area contributed by atoms with E-state index in [4.69, 9.17) is 0 Å². The zero-order valence-corrected chi connectivity index (χ0v) is 14.8. The molecule has 4 nitrogen and oxygen atoms in total. The molecule has 0 bridgehead atoms. The third kappa shape index (κ3) is 3.75. The van der Waals surface area contributed by atoms with E-state index >= 15 is 0 Å². The standard InChI is InChI=1S/C22H22N4/c1-16(26-20-13-18-7-3-5-9-22(18)25-15-20)10-11-23-19-12-17-6-2-4-8-21(17)24-14-19/h2-9,12-16,23,26H,10-11H2,1H3. The topological polar surface area (TPSA) is 49.8 Å². The molecule has 2 N–H and O–H groups in total. The Hall–Kier alpha value is -3.14. The molecule has 0 amide bonds. The maximum Gasteiger partial charge on any atom is 0.0703 e. The Morgan fingerprint density at radius 2 is 1.38 bits per heavy atom. The van der Waals surface area contributed by atoms with Crippen LogP contribution in [-0.2, 0) is 0 Å². The van der Waals surface area contributed by atoms with Crippen LogP contribution in [0.1, 0.15) is 13.3 Å². The molecule has 0 aliphatic heterocycles. The van der Waals surface area contributed by atoms with E-state index in [1.54, 1.807) is 0 Å². The molecular weight excluding hydrogens is 320 g/mol. The molecule has 0 fully saturated rings. The molecule has 2 heterocycles. The molecular formula is C22H22N4. The number of fused-ring (bicyclic) bond motifs is 2. The molecule has 0 saturated carbocycles. The number of para-hydroxylation sites is 2. The van der Waals surface area contributed by atoms with Crippen molar-refractivity contribution < 1.29 is 0 Å². The molecule has 0 radical (unpaired) electrons. The zero-order valence-electron chi connectivity index (χ0n) is 14.8. The minimum Gasteiger partial charge on any atom is -0.384 e. The van der Waals surface area contributed by atoms with E-state index in [1.807, 2.05) is 48.8 Å². The van der Waals surface area contributed by atoms with E-state index in [0.29, 0.717) is 6.04 Å². The third-order valence-corrected chi connectivity index (χ3v) is 4.50. The first kappa shape index (κ1) is 16.3. The highest BCUT2D eigenvalue weighted by Crippen LogP contribution is 2.18. The molecule has 2 aromatic carbocycles. The number of nitrogens with zero attached hydrogens (tertiary/aromatic N) is 2. The summed E-state index contributed by atoms with van der Waals surface area (Å²) in [4.78, 5) is 8.99. The average molecular weight is 342 g/mol. The Balaban J connectivity index is 1.33. The normalized spacial score (nSPS) is 12.2. The molecule has 0 saturated heterocycles. The Labute approximate surface area is 153 Å². The van der Waals surface area contributed by atoms with Gasteiger partial charge in [-0.2, -0.15) is 0 Å². The third-order valence-electron chi connectivity index (χ3n) is 4.50. The second-order valence-corrected chi connectivity index (χ2v) is 6.59. The van der Waals surface area contributed by atoms with Crippen molar-refractivity contribution >= 4 is 33.2 Å². The van der Waals surface area contributed by atoms with Crippen LogP contribution in [-0.4, -0.2) is 22.6 Å². The van der Waals surface area contributed by atoms with Gasteiger partial charge >= 0.3 is 0 Å². The first-order valence-electron chi connectivity index (χ1n) is 8.98. The van der Waals surface area contributed by atoms with Crippen LogP contribution >= 0.6 is 0 Å². The quantitative estimate of drug-likeness (QED) is 0.513. The second kappa shape index (κ2) is 7.40. The van der Waals surface area contributed by atoms with Crippen LogP contribution in [0, 0.1) is 0 Å². The van der Waals surface area contributed by atoms with Crippen molar-refractivity contribution in [3.8, 4) is 0 Å². The maximum absolute atomic E-state index is 4.50. The molecule has 4 heteroatoms. The fraction of sp³-hybridized carbons (Fsp3) is 0.182. The number of nitrogens with one attached hydrogen (secondary N) is 2. The molecule has 130 valence electrons. The van der Waals surface area contributed by atoms with Crippen molar-refractivity contribution in [3.05, 3.63) is 73.1 Å². The summed E-state index contributed by atoms with van der Waals surface area (Å²) < 4.78 is 0. The lowest BCUT2D eigenvalue weighted by Crippen LogP contribution is -2.19. The van der Waals surface area contributed by atoms with Crippen LogP contribution in [0.2, 0.25) is 0 Å². The summed E-state index contributed by atoms with van der Waals surface area (Å²) in [6, 6.07) is 21.0. The Morgan fingerprint density at radius 1 is 0.808 bits per heavy atom. The van der Waals surface area contributed by atoms with Crippen molar-refractivity contribution in [2.75, 3.05) is 17.2 Å². The minimum atomic E-state index is 0.346. The maximum atomic E-state index is 4.50. The van der Waals surface area contributed by atoms with Crippen molar-refractivity contribution in [2.24, 2.45) is 0 Å².